The van der Waals surface area contributed by atoms with Crippen LogP contribution in [0.4, 0.5) is 0 Å². The summed E-state index contributed by atoms with van der Waals surface area (Å²) in [6.07, 6.45) is 1.80. The van der Waals surface area contributed by atoms with Gasteiger partial charge in [0, 0.05) is 11.6 Å². The molecule has 0 saturated heterocycles. The van der Waals surface area contributed by atoms with Crippen molar-refractivity contribution in [2.45, 2.75) is 20.4 Å². The Morgan fingerprint density at radius 1 is 1.28 bits per heavy atom. The van der Waals surface area contributed by atoms with E-state index in [0.717, 1.165) is 15.8 Å². The quantitative estimate of drug-likeness (QED) is 0.539. The van der Waals surface area contributed by atoms with Crippen molar-refractivity contribution in [1.82, 2.24) is 4.57 Å². The molecule has 0 unspecified atom stereocenters. The minimum atomic E-state index is -0.389. The van der Waals surface area contributed by atoms with Gasteiger partial charge in [-0.3, -0.25) is 4.79 Å². The normalized spacial score (nSPS) is 11.9. The summed E-state index contributed by atoms with van der Waals surface area (Å²) in [6, 6.07) is 8.99. The number of carbonyl (C=O) groups is 1. The number of allylic oxidation sites excluding steroid dienone is 1. The van der Waals surface area contributed by atoms with Crippen LogP contribution in [0.1, 0.15) is 21.5 Å². The van der Waals surface area contributed by atoms with Crippen molar-refractivity contribution in [1.29, 1.82) is 0 Å². The molecule has 1 heterocycles. The van der Waals surface area contributed by atoms with E-state index in [4.69, 9.17) is 23.2 Å². The Morgan fingerprint density at radius 2 is 2.04 bits per heavy atom. The van der Waals surface area contributed by atoms with Gasteiger partial charge in [-0.2, -0.15) is 4.99 Å². The molecule has 2 aromatic carbocycles. The highest BCUT2D eigenvalue weighted by Crippen LogP contribution is 2.24. The first-order valence-corrected chi connectivity index (χ1v) is 9.23. The summed E-state index contributed by atoms with van der Waals surface area (Å²) in [4.78, 5) is 17.5. The molecule has 0 radical (unpaired) electrons. The van der Waals surface area contributed by atoms with Crippen LogP contribution in [0.2, 0.25) is 10.0 Å². The van der Waals surface area contributed by atoms with E-state index >= 15 is 0 Å². The number of aryl methyl sites for hydroxylation is 2. The van der Waals surface area contributed by atoms with Crippen LogP contribution in [0, 0.1) is 13.8 Å². The number of amides is 1. The van der Waals surface area contributed by atoms with Gasteiger partial charge in [0.05, 0.1) is 20.8 Å². The van der Waals surface area contributed by atoms with Crippen LogP contribution < -0.4 is 4.80 Å². The highest BCUT2D eigenvalue weighted by atomic mass is 35.5. The van der Waals surface area contributed by atoms with Gasteiger partial charge in [0.25, 0.3) is 5.91 Å². The summed E-state index contributed by atoms with van der Waals surface area (Å²) < 4.78 is 3.09. The van der Waals surface area contributed by atoms with Crippen LogP contribution in [0.3, 0.4) is 0 Å². The monoisotopic (exact) mass is 390 g/mol. The molecule has 25 heavy (non-hydrogen) atoms. The predicted octanol–water partition coefficient (Wildman–Crippen LogP) is 5.55. The third-order valence-electron chi connectivity index (χ3n) is 3.78. The lowest BCUT2D eigenvalue weighted by Crippen LogP contribution is -2.16. The number of thiazole rings is 1. The second kappa shape index (κ2) is 7.16. The van der Waals surface area contributed by atoms with Crippen LogP contribution >= 0.6 is 34.5 Å². The second-order valence-corrected chi connectivity index (χ2v) is 7.61. The molecular weight excluding hydrogens is 375 g/mol. The maximum absolute atomic E-state index is 12.6. The van der Waals surface area contributed by atoms with Crippen molar-refractivity contribution in [2.24, 2.45) is 4.99 Å². The molecular formula is C19H16Cl2N2OS. The Morgan fingerprint density at radius 3 is 2.72 bits per heavy atom. The van der Waals surface area contributed by atoms with E-state index in [1.54, 1.807) is 24.3 Å². The molecule has 0 aliphatic carbocycles. The van der Waals surface area contributed by atoms with Crippen molar-refractivity contribution in [3.8, 4) is 0 Å². The summed E-state index contributed by atoms with van der Waals surface area (Å²) in [6.45, 7) is 8.50. The Bertz CT molecular complexity index is 1060. The Hall–Kier alpha value is -1.88. The van der Waals surface area contributed by atoms with Gasteiger partial charge in [-0.15, -0.1) is 6.58 Å². The summed E-state index contributed by atoms with van der Waals surface area (Å²) in [5.74, 6) is -0.389. The predicted molar refractivity (Wildman–Crippen MR) is 106 cm³/mol. The van der Waals surface area contributed by atoms with E-state index in [0.29, 0.717) is 27.0 Å². The molecule has 3 aromatic rings. The highest BCUT2D eigenvalue weighted by molar-refractivity contribution is 7.16. The third-order valence-corrected chi connectivity index (χ3v) is 5.36. The molecule has 0 aliphatic rings. The van der Waals surface area contributed by atoms with E-state index in [9.17, 15) is 4.79 Å². The van der Waals surface area contributed by atoms with Gasteiger partial charge >= 0.3 is 0 Å². The molecule has 0 bridgehead atoms. The fraction of sp³-hybridized carbons (Fsp3) is 0.158. The standard InChI is InChI=1S/C19H16Cl2N2OS/c1-4-7-23-17-12(3)8-11(2)9-16(17)25-19(23)22-18(24)14-6-5-13(20)10-15(14)21/h4-6,8-10H,1,7H2,2-3H3. The van der Waals surface area contributed by atoms with Gasteiger partial charge < -0.3 is 4.57 Å². The van der Waals surface area contributed by atoms with Crippen molar-refractivity contribution in [3.05, 3.63) is 74.5 Å². The highest BCUT2D eigenvalue weighted by Gasteiger charge is 2.13. The first-order chi connectivity index (χ1) is 11.9. The average molecular weight is 391 g/mol. The van der Waals surface area contributed by atoms with Gasteiger partial charge in [0.2, 0.25) is 0 Å². The number of fused-ring (bicyclic) bond motifs is 1. The largest absolute Gasteiger partial charge is 0.312 e. The number of hydrogen-bond acceptors (Lipinski definition) is 2. The molecule has 0 fully saturated rings. The fourth-order valence-electron chi connectivity index (χ4n) is 2.79. The summed E-state index contributed by atoms with van der Waals surface area (Å²) in [5.41, 5.74) is 3.73. The lowest BCUT2D eigenvalue weighted by molar-refractivity contribution is 0.0998. The number of nitrogens with zero attached hydrogens (tertiary/aromatic N) is 2. The molecule has 3 nitrogen and oxygen atoms in total. The van der Waals surface area contributed by atoms with Crippen molar-refractivity contribution in [3.63, 3.8) is 0 Å². The van der Waals surface area contributed by atoms with E-state index < -0.39 is 0 Å². The Kier molecular flexibility index (Phi) is 5.13. The van der Waals surface area contributed by atoms with Crippen molar-refractivity contribution < 1.29 is 4.79 Å². The molecule has 0 N–H and O–H groups in total. The van der Waals surface area contributed by atoms with Gasteiger partial charge in [-0.05, 0) is 49.2 Å². The maximum Gasteiger partial charge on any atom is 0.281 e. The molecule has 0 aliphatic heterocycles. The number of halogens is 2. The third kappa shape index (κ3) is 3.56. The first-order valence-electron chi connectivity index (χ1n) is 7.66. The number of rotatable bonds is 3. The molecule has 128 valence electrons. The SMILES string of the molecule is C=CCn1c(=NC(=O)c2ccc(Cl)cc2Cl)sc2cc(C)cc(C)c21. The summed E-state index contributed by atoms with van der Waals surface area (Å²) in [5, 5.41) is 0.779. The smallest absolute Gasteiger partial charge is 0.281 e. The number of benzene rings is 2. The van der Waals surface area contributed by atoms with E-state index in [-0.39, 0.29) is 5.91 Å². The fourth-order valence-corrected chi connectivity index (χ4v) is 4.49. The van der Waals surface area contributed by atoms with Crippen LogP contribution in [-0.4, -0.2) is 10.5 Å². The Labute approximate surface area is 159 Å². The second-order valence-electron chi connectivity index (χ2n) is 5.75. The minimum Gasteiger partial charge on any atom is -0.312 e. The maximum atomic E-state index is 12.6. The van der Waals surface area contributed by atoms with Crippen LogP contribution in [0.25, 0.3) is 10.2 Å². The molecule has 0 saturated carbocycles. The number of carbonyl (C=O) groups excluding carboxylic acids is 1. The van der Waals surface area contributed by atoms with E-state index in [2.05, 4.69) is 37.6 Å². The zero-order chi connectivity index (χ0) is 18.1. The average Bonchev–Trinajstić information content (AvgIpc) is 2.85. The molecule has 1 aromatic heterocycles. The lowest BCUT2D eigenvalue weighted by atomic mass is 10.1. The van der Waals surface area contributed by atoms with Crippen LogP contribution in [-0.2, 0) is 6.54 Å². The zero-order valence-electron chi connectivity index (χ0n) is 13.8. The van der Waals surface area contributed by atoms with Crippen LogP contribution in [0.15, 0.2) is 48.0 Å². The zero-order valence-corrected chi connectivity index (χ0v) is 16.2. The molecule has 1 amide bonds. The van der Waals surface area contributed by atoms with Gasteiger partial charge in [0.15, 0.2) is 4.80 Å². The number of hydrogen-bond donors (Lipinski definition) is 0. The van der Waals surface area contributed by atoms with Crippen LogP contribution in [0.5, 0.6) is 0 Å². The summed E-state index contributed by atoms with van der Waals surface area (Å²) >= 11 is 13.5. The van der Waals surface area contributed by atoms with Gasteiger partial charge in [-0.1, -0.05) is 46.7 Å². The van der Waals surface area contributed by atoms with E-state index in [1.165, 1.54) is 16.9 Å². The van der Waals surface area contributed by atoms with Gasteiger partial charge in [-0.25, -0.2) is 0 Å². The van der Waals surface area contributed by atoms with Crippen molar-refractivity contribution in [2.75, 3.05) is 0 Å². The van der Waals surface area contributed by atoms with E-state index in [1.807, 2.05) is 4.57 Å². The summed E-state index contributed by atoms with van der Waals surface area (Å²) in [7, 11) is 0. The topological polar surface area (TPSA) is 34.4 Å². The number of aromatic nitrogens is 1. The van der Waals surface area contributed by atoms with Gasteiger partial charge in [0.1, 0.15) is 0 Å². The lowest BCUT2D eigenvalue weighted by Gasteiger charge is -2.05. The molecule has 0 spiro atoms. The molecule has 6 heteroatoms. The van der Waals surface area contributed by atoms with Crippen molar-refractivity contribution >= 4 is 50.7 Å². The molecule has 3 rings (SSSR count). The first kappa shape index (κ1) is 17.9. The Balaban J connectivity index is 2.21. The minimum absolute atomic E-state index is 0.296. The molecule has 0 atom stereocenters.